The minimum absolute atomic E-state index is 0.472. The van der Waals surface area contributed by atoms with Gasteiger partial charge in [0.05, 0.1) is 11.1 Å². The van der Waals surface area contributed by atoms with Gasteiger partial charge in [-0.15, -0.1) is 11.3 Å². The Labute approximate surface area is 374 Å². The number of furan rings is 1. The maximum absolute atomic E-state index is 6.83. The number of anilines is 3. The largest absolute Gasteiger partial charge is 0.456 e. The Bertz CT molecular complexity index is 3810. The van der Waals surface area contributed by atoms with Crippen LogP contribution in [0.25, 0.3) is 86.6 Å². The van der Waals surface area contributed by atoms with E-state index in [0.717, 1.165) is 44.6 Å². The zero-order chi connectivity index (χ0) is 41.9. The van der Waals surface area contributed by atoms with Crippen LogP contribution in [0.4, 0.5) is 17.1 Å². The highest BCUT2D eigenvalue weighted by molar-refractivity contribution is 7.25. The van der Waals surface area contributed by atoms with Crippen LogP contribution < -0.4 is 4.90 Å². The van der Waals surface area contributed by atoms with Crippen LogP contribution in [0.2, 0.25) is 0 Å². The molecule has 10 aromatic carbocycles. The second-order valence-corrected chi connectivity index (χ2v) is 18.2. The third kappa shape index (κ3) is 4.90. The van der Waals surface area contributed by atoms with Gasteiger partial charge in [-0.3, -0.25) is 0 Å². The van der Waals surface area contributed by atoms with Crippen LogP contribution in [0.1, 0.15) is 22.3 Å². The van der Waals surface area contributed by atoms with Crippen molar-refractivity contribution in [3.8, 4) is 44.5 Å². The molecule has 0 amide bonds. The minimum atomic E-state index is -0.472. The Hall–Kier alpha value is -7.98. The van der Waals surface area contributed by atoms with E-state index >= 15 is 0 Å². The summed E-state index contributed by atoms with van der Waals surface area (Å²) in [4.78, 5) is 2.47. The van der Waals surface area contributed by atoms with Gasteiger partial charge in [-0.25, -0.2) is 0 Å². The predicted octanol–water partition coefficient (Wildman–Crippen LogP) is 17.1. The van der Waals surface area contributed by atoms with E-state index in [1.165, 1.54) is 81.4 Å². The lowest BCUT2D eigenvalue weighted by atomic mass is 9.70. The number of nitrogens with zero attached hydrogens (tertiary/aromatic N) is 1. The number of para-hydroxylation sites is 1. The summed E-state index contributed by atoms with van der Waals surface area (Å²) >= 11 is 1.86. The SMILES string of the molecule is c1ccc(-c2ccc3c(c2)oc2cc(N(c4ccc5c(c4)C4(c6ccccc6-c6ccccc64)c4ccccc4-5)c4ccccc4-c4cccc5sc6ccccc6c45)ccc23)cc1. The van der Waals surface area contributed by atoms with Crippen molar-refractivity contribution in [2.75, 3.05) is 4.90 Å². The molecule has 0 saturated heterocycles. The van der Waals surface area contributed by atoms with E-state index in [1.54, 1.807) is 0 Å². The van der Waals surface area contributed by atoms with E-state index in [2.05, 4.69) is 229 Å². The maximum atomic E-state index is 6.83. The minimum Gasteiger partial charge on any atom is -0.456 e. The van der Waals surface area contributed by atoms with Crippen molar-refractivity contribution >= 4 is 70.5 Å². The van der Waals surface area contributed by atoms with Crippen LogP contribution in [-0.4, -0.2) is 0 Å². The second-order valence-electron chi connectivity index (χ2n) is 17.1. The van der Waals surface area contributed by atoms with Crippen molar-refractivity contribution < 1.29 is 4.42 Å². The zero-order valence-corrected chi connectivity index (χ0v) is 35.4. The van der Waals surface area contributed by atoms with Crippen molar-refractivity contribution in [3.05, 3.63) is 247 Å². The smallest absolute Gasteiger partial charge is 0.137 e. The van der Waals surface area contributed by atoms with Crippen molar-refractivity contribution in [3.63, 3.8) is 0 Å². The number of benzene rings is 10. The average molecular weight is 832 g/mol. The molecule has 3 heteroatoms. The van der Waals surface area contributed by atoms with Crippen molar-refractivity contribution in [2.45, 2.75) is 5.41 Å². The highest BCUT2D eigenvalue weighted by atomic mass is 32.1. The van der Waals surface area contributed by atoms with Gasteiger partial charge in [-0.1, -0.05) is 164 Å². The molecule has 12 aromatic rings. The van der Waals surface area contributed by atoms with E-state index in [-0.39, 0.29) is 0 Å². The normalized spacial score (nSPS) is 13.1. The van der Waals surface area contributed by atoms with E-state index in [0.29, 0.717) is 0 Å². The topological polar surface area (TPSA) is 16.4 Å². The number of thiophene rings is 1. The fraction of sp³-hybridized carbons (Fsp3) is 0.0164. The summed E-state index contributed by atoms with van der Waals surface area (Å²) in [7, 11) is 0. The van der Waals surface area contributed by atoms with Crippen LogP contribution in [0, 0.1) is 0 Å². The van der Waals surface area contributed by atoms with Crippen LogP contribution >= 0.6 is 11.3 Å². The summed E-state index contributed by atoms with van der Waals surface area (Å²) in [5, 5.41) is 4.79. The average Bonchev–Trinajstić information content (AvgIpc) is 4.09. The first-order chi connectivity index (χ1) is 31.7. The zero-order valence-electron chi connectivity index (χ0n) is 34.6. The van der Waals surface area contributed by atoms with Crippen LogP contribution in [0.5, 0.6) is 0 Å². The summed E-state index contributed by atoms with van der Waals surface area (Å²) in [6, 6.07) is 82.7. The lowest BCUT2D eigenvalue weighted by Crippen LogP contribution is -2.26. The third-order valence-corrected chi connectivity index (χ3v) is 15.0. The molecule has 14 rings (SSSR count). The molecule has 2 aliphatic rings. The van der Waals surface area contributed by atoms with Gasteiger partial charge < -0.3 is 9.32 Å². The monoisotopic (exact) mass is 831 g/mol. The Balaban J connectivity index is 1.03. The van der Waals surface area contributed by atoms with Crippen LogP contribution in [-0.2, 0) is 5.41 Å². The highest BCUT2D eigenvalue weighted by Crippen LogP contribution is 2.63. The lowest BCUT2D eigenvalue weighted by Gasteiger charge is -2.32. The van der Waals surface area contributed by atoms with Crippen LogP contribution in [0.15, 0.2) is 229 Å². The Morgan fingerprint density at radius 1 is 0.344 bits per heavy atom. The first-order valence-corrected chi connectivity index (χ1v) is 22.8. The number of fused-ring (bicyclic) bond motifs is 16. The third-order valence-electron chi connectivity index (χ3n) is 13.9. The van der Waals surface area contributed by atoms with Crippen molar-refractivity contribution in [1.82, 2.24) is 0 Å². The van der Waals surface area contributed by atoms with Crippen LogP contribution in [0.3, 0.4) is 0 Å². The molecule has 0 bridgehead atoms. The van der Waals surface area contributed by atoms with Gasteiger partial charge >= 0.3 is 0 Å². The van der Waals surface area contributed by atoms with Crippen molar-refractivity contribution in [2.24, 2.45) is 0 Å². The molecule has 0 unspecified atom stereocenters. The number of hydrogen-bond donors (Lipinski definition) is 0. The van der Waals surface area contributed by atoms with Gasteiger partial charge in [0, 0.05) is 53.9 Å². The van der Waals surface area contributed by atoms with Gasteiger partial charge in [-0.2, -0.15) is 0 Å². The second kappa shape index (κ2) is 13.5. The molecular formula is C61H37NOS. The van der Waals surface area contributed by atoms with Gasteiger partial charge in [0.25, 0.3) is 0 Å². The summed E-state index contributed by atoms with van der Waals surface area (Å²) in [6.07, 6.45) is 0. The molecular weight excluding hydrogens is 795 g/mol. The molecule has 2 aromatic heterocycles. The molecule has 0 radical (unpaired) electrons. The molecule has 0 saturated carbocycles. The lowest BCUT2D eigenvalue weighted by molar-refractivity contribution is 0.669. The van der Waals surface area contributed by atoms with Gasteiger partial charge in [0.2, 0.25) is 0 Å². The maximum Gasteiger partial charge on any atom is 0.137 e. The van der Waals surface area contributed by atoms with E-state index in [9.17, 15) is 0 Å². The summed E-state index contributed by atoms with van der Waals surface area (Å²) in [6.45, 7) is 0. The molecule has 2 aliphatic carbocycles. The van der Waals surface area contributed by atoms with Crippen molar-refractivity contribution in [1.29, 1.82) is 0 Å². The molecule has 2 heterocycles. The fourth-order valence-electron chi connectivity index (χ4n) is 11.3. The van der Waals surface area contributed by atoms with Gasteiger partial charge in [0.1, 0.15) is 11.2 Å². The fourth-order valence-corrected chi connectivity index (χ4v) is 12.4. The number of rotatable bonds is 5. The molecule has 0 aliphatic heterocycles. The summed E-state index contributed by atoms with van der Waals surface area (Å²) < 4.78 is 9.42. The molecule has 1 spiro atoms. The molecule has 0 fully saturated rings. The molecule has 2 nitrogen and oxygen atoms in total. The number of hydrogen-bond acceptors (Lipinski definition) is 3. The standard InChI is InChI=1S/C61H37NOS/c1-2-15-38(16-3-1)39-29-32-47-48-34-31-41(37-57(48)63-56(47)35-39)62(55-26-12-7-20-46(55)49-22-14-28-59-60(49)50-21-8-13-27-58(50)64-59)40-30-33-45-44-19-6-11-25-53(44)61(54(45)36-40)51-23-9-4-17-42(51)43-18-5-10-24-52(43)61/h1-37H. The first-order valence-electron chi connectivity index (χ1n) is 22.0. The Morgan fingerprint density at radius 2 is 0.891 bits per heavy atom. The first kappa shape index (κ1) is 35.6. The Kier molecular flexibility index (Phi) is 7.51. The van der Waals surface area contributed by atoms with Gasteiger partial charge in [0.15, 0.2) is 0 Å². The predicted molar refractivity (Wildman–Crippen MR) is 268 cm³/mol. The highest BCUT2D eigenvalue weighted by Gasteiger charge is 2.51. The van der Waals surface area contributed by atoms with E-state index in [4.69, 9.17) is 4.42 Å². The molecule has 0 N–H and O–H groups in total. The molecule has 298 valence electrons. The van der Waals surface area contributed by atoms with E-state index in [1.807, 2.05) is 11.3 Å². The quantitative estimate of drug-likeness (QED) is 0.172. The van der Waals surface area contributed by atoms with E-state index < -0.39 is 5.41 Å². The van der Waals surface area contributed by atoms with Gasteiger partial charge in [-0.05, 0) is 116 Å². The molecule has 0 atom stereocenters. The summed E-state index contributed by atoms with van der Waals surface area (Å²) in [5.74, 6) is 0. The molecule has 64 heavy (non-hydrogen) atoms. The Morgan fingerprint density at radius 3 is 1.64 bits per heavy atom. The summed E-state index contributed by atoms with van der Waals surface area (Å²) in [5.41, 5.74) is 19.7.